The number of carbonyl (C=O) groups excluding carboxylic acids is 1. The molecule has 0 heterocycles. The Morgan fingerprint density at radius 2 is 1.87 bits per heavy atom. The van der Waals surface area contributed by atoms with Crippen molar-refractivity contribution >= 4 is 6.16 Å². The Morgan fingerprint density at radius 3 is 2.47 bits per heavy atom. The number of hydrogen-bond acceptors (Lipinski definition) is 4. The molecule has 15 heavy (non-hydrogen) atoms. The van der Waals surface area contributed by atoms with Gasteiger partial charge in [0.25, 0.3) is 0 Å². The van der Waals surface area contributed by atoms with Crippen molar-refractivity contribution in [1.82, 2.24) is 0 Å². The summed E-state index contributed by atoms with van der Waals surface area (Å²) in [7, 11) is 1.54. The van der Waals surface area contributed by atoms with Crippen LogP contribution in [-0.2, 0) is 9.47 Å². The van der Waals surface area contributed by atoms with Gasteiger partial charge in [0.2, 0.25) is 0 Å². The van der Waals surface area contributed by atoms with Gasteiger partial charge < -0.3 is 14.2 Å². The topological polar surface area (TPSA) is 44.8 Å². The maximum Gasteiger partial charge on any atom is 0.513 e. The van der Waals surface area contributed by atoms with Crippen molar-refractivity contribution < 1.29 is 19.0 Å². The van der Waals surface area contributed by atoms with Crippen molar-refractivity contribution in [2.75, 3.05) is 20.3 Å². The van der Waals surface area contributed by atoms with Crippen molar-refractivity contribution in [3.63, 3.8) is 0 Å². The summed E-state index contributed by atoms with van der Waals surface area (Å²) in [5.41, 5.74) is 1.11. The van der Waals surface area contributed by atoms with Gasteiger partial charge in [-0.15, -0.1) is 0 Å². The van der Waals surface area contributed by atoms with Gasteiger partial charge in [-0.2, -0.15) is 0 Å². The van der Waals surface area contributed by atoms with E-state index < -0.39 is 6.16 Å². The average molecular weight is 210 g/mol. The van der Waals surface area contributed by atoms with Crippen LogP contribution in [0.1, 0.15) is 5.56 Å². The van der Waals surface area contributed by atoms with Gasteiger partial charge in [-0.3, -0.25) is 0 Å². The quantitative estimate of drug-likeness (QED) is 0.434. The smallest absolute Gasteiger partial charge is 0.432 e. The zero-order chi connectivity index (χ0) is 11.1. The van der Waals surface area contributed by atoms with Gasteiger partial charge in [0.05, 0.1) is 6.61 Å². The van der Waals surface area contributed by atoms with E-state index in [-0.39, 0.29) is 6.61 Å². The first-order chi connectivity index (χ1) is 7.22. The van der Waals surface area contributed by atoms with Gasteiger partial charge in [0, 0.05) is 7.11 Å². The molecule has 0 aromatic heterocycles. The van der Waals surface area contributed by atoms with Crippen molar-refractivity contribution in [2.24, 2.45) is 0 Å². The first-order valence-corrected chi connectivity index (χ1v) is 4.62. The van der Waals surface area contributed by atoms with Crippen LogP contribution < -0.4 is 4.74 Å². The molecular formula is C11H14O4. The van der Waals surface area contributed by atoms with Crippen molar-refractivity contribution in [3.8, 4) is 5.75 Å². The number of aryl methyl sites for hydroxylation is 1. The van der Waals surface area contributed by atoms with Crippen molar-refractivity contribution in [2.45, 2.75) is 6.92 Å². The lowest BCUT2D eigenvalue weighted by atomic mass is 10.2. The fourth-order valence-corrected chi connectivity index (χ4v) is 0.940. The Bertz CT molecular complexity index is 305. The molecule has 1 rings (SSSR count). The second kappa shape index (κ2) is 6.03. The molecule has 4 nitrogen and oxygen atoms in total. The molecule has 0 amide bonds. The van der Waals surface area contributed by atoms with Crippen LogP contribution in [0.15, 0.2) is 24.3 Å². The zero-order valence-electron chi connectivity index (χ0n) is 8.86. The summed E-state index contributed by atoms with van der Waals surface area (Å²) in [5.74, 6) is 0.475. The number of ether oxygens (including phenoxy) is 3. The van der Waals surface area contributed by atoms with E-state index in [0.29, 0.717) is 12.4 Å². The molecule has 0 atom stereocenters. The van der Waals surface area contributed by atoms with Crippen LogP contribution >= 0.6 is 0 Å². The Morgan fingerprint density at radius 1 is 1.20 bits per heavy atom. The van der Waals surface area contributed by atoms with Crippen LogP contribution in [0.3, 0.4) is 0 Å². The van der Waals surface area contributed by atoms with Crippen LogP contribution in [0.2, 0.25) is 0 Å². The predicted octanol–water partition coefficient (Wildman–Crippen LogP) is 2.16. The van der Waals surface area contributed by atoms with E-state index >= 15 is 0 Å². The first kappa shape index (κ1) is 11.5. The van der Waals surface area contributed by atoms with E-state index in [9.17, 15) is 4.79 Å². The summed E-state index contributed by atoms with van der Waals surface area (Å²) in [5, 5.41) is 0. The molecule has 0 bridgehead atoms. The fourth-order valence-electron chi connectivity index (χ4n) is 0.940. The number of methoxy groups -OCH3 is 1. The van der Waals surface area contributed by atoms with Gasteiger partial charge in [-0.1, -0.05) is 17.7 Å². The minimum absolute atomic E-state index is 0.196. The molecule has 0 aliphatic heterocycles. The van der Waals surface area contributed by atoms with Crippen LogP contribution in [0.4, 0.5) is 4.79 Å². The van der Waals surface area contributed by atoms with Gasteiger partial charge in [0.1, 0.15) is 12.4 Å². The molecule has 0 N–H and O–H groups in total. The standard InChI is InChI=1S/C11H14O4/c1-9-3-5-10(6-4-9)15-11(12)14-8-7-13-2/h3-6H,7-8H2,1-2H3. The van der Waals surface area contributed by atoms with E-state index in [1.807, 2.05) is 19.1 Å². The molecule has 1 aromatic rings. The summed E-state index contributed by atoms with van der Waals surface area (Å²) in [6.07, 6.45) is -0.712. The number of carbonyl (C=O) groups is 1. The monoisotopic (exact) mass is 210 g/mol. The minimum Gasteiger partial charge on any atom is -0.432 e. The lowest BCUT2D eigenvalue weighted by molar-refractivity contribution is 0.0685. The van der Waals surface area contributed by atoms with Crippen molar-refractivity contribution in [3.05, 3.63) is 29.8 Å². The van der Waals surface area contributed by atoms with Gasteiger partial charge in [-0.25, -0.2) is 4.79 Å². The summed E-state index contributed by atoms with van der Waals surface area (Å²) in [6.45, 7) is 2.52. The highest BCUT2D eigenvalue weighted by Gasteiger charge is 2.04. The second-order valence-corrected chi connectivity index (χ2v) is 3.01. The Hall–Kier alpha value is -1.55. The third-order valence-electron chi connectivity index (χ3n) is 1.73. The number of rotatable bonds is 4. The predicted molar refractivity (Wildman–Crippen MR) is 55.0 cm³/mol. The Kier molecular flexibility index (Phi) is 4.63. The molecule has 0 saturated carbocycles. The molecule has 0 aliphatic carbocycles. The first-order valence-electron chi connectivity index (χ1n) is 4.62. The fraction of sp³-hybridized carbons (Fsp3) is 0.364. The largest absolute Gasteiger partial charge is 0.513 e. The lowest BCUT2D eigenvalue weighted by Gasteiger charge is -2.05. The van der Waals surface area contributed by atoms with Gasteiger partial charge in [-0.05, 0) is 19.1 Å². The van der Waals surface area contributed by atoms with Crippen LogP contribution in [-0.4, -0.2) is 26.5 Å². The van der Waals surface area contributed by atoms with Crippen LogP contribution in [0.25, 0.3) is 0 Å². The highest BCUT2D eigenvalue weighted by molar-refractivity contribution is 5.63. The zero-order valence-corrected chi connectivity index (χ0v) is 8.86. The van der Waals surface area contributed by atoms with Crippen LogP contribution in [0.5, 0.6) is 5.75 Å². The van der Waals surface area contributed by atoms with E-state index in [0.717, 1.165) is 5.56 Å². The number of benzene rings is 1. The maximum atomic E-state index is 11.1. The van der Waals surface area contributed by atoms with E-state index in [1.54, 1.807) is 12.1 Å². The molecule has 0 fully saturated rings. The molecule has 4 heteroatoms. The summed E-state index contributed by atoms with van der Waals surface area (Å²) < 4.78 is 14.4. The lowest BCUT2D eigenvalue weighted by Crippen LogP contribution is -2.13. The highest BCUT2D eigenvalue weighted by atomic mass is 16.7. The molecule has 0 radical (unpaired) electrons. The molecular weight excluding hydrogens is 196 g/mol. The summed E-state index contributed by atoms with van der Waals surface area (Å²) in [4.78, 5) is 11.1. The van der Waals surface area contributed by atoms with E-state index in [2.05, 4.69) is 0 Å². The van der Waals surface area contributed by atoms with Gasteiger partial charge in [0.15, 0.2) is 0 Å². The summed E-state index contributed by atoms with van der Waals surface area (Å²) >= 11 is 0. The Balaban J connectivity index is 2.34. The Labute approximate surface area is 88.8 Å². The maximum absolute atomic E-state index is 11.1. The molecule has 1 aromatic carbocycles. The van der Waals surface area contributed by atoms with E-state index in [4.69, 9.17) is 14.2 Å². The summed E-state index contributed by atoms with van der Waals surface area (Å²) in [6, 6.07) is 7.15. The minimum atomic E-state index is -0.712. The van der Waals surface area contributed by atoms with Crippen LogP contribution in [0, 0.1) is 6.92 Å². The van der Waals surface area contributed by atoms with Crippen molar-refractivity contribution in [1.29, 1.82) is 0 Å². The molecule has 82 valence electrons. The highest BCUT2D eigenvalue weighted by Crippen LogP contribution is 2.11. The molecule has 0 spiro atoms. The second-order valence-electron chi connectivity index (χ2n) is 3.01. The van der Waals surface area contributed by atoms with E-state index in [1.165, 1.54) is 7.11 Å². The molecule has 0 saturated heterocycles. The normalized spacial score (nSPS) is 9.73. The number of hydrogen-bond donors (Lipinski definition) is 0. The molecule has 0 unspecified atom stereocenters. The molecule has 0 aliphatic rings. The average Bonchev–Trinajstić information content (AvgIpc) is 2.22. The third kappa shape index (κ3) is 4.46. The SMILES string of the molecule is COCCOC(=O)Oc1ccc(C)cc1. The van der Waals surface area contributed by atoms with Gasteiger partial charge >= 0.3 is 6.16 Å². The third-order valence-corrected chi connectivity index (χ3v) is 1.73.